The second kappa shape index (κ2) is 10.5. The highest BCUT2D eigenvalue weighted by Crippen LogP contribution is 2.27. The minimum atomic E-state index is -0.329. The molecule has 0 saturated carbocycles. The van der Waals surface area contributed by atoms with Gasteiger partial charge < -0.3 is 20.1 Å². The van der Waals surface area contributed by atoms with E-state index in [1.54, 1.807) is 18.2 Å². The number of ether oxygens (including phenoxy) is 2. The lowest BCUT2D eigenvalue weighted by Gasteiger charge is -2.14. The Morgan fingerprint density at radius 1 is 1.12 bits per heavy atom. The molecule has 0 aliphatic rings. The van der Waals surface area contributed by atoms with E-state index in [9.17, 15) is 9.59 Å². The van der Waals surface area contributed by atoms with Crippen LogP contribution < -0.4 is 20.1 Å². The van der Waals surface area contributed by atoms with Crippen LogP contribution in [0.25, 0.3) is 0 Å². The molecule has 24 heavy (non-hydrogen) atoms. The van der Waals surface area contributed by atoms with Crippen LogP contribution in [-0.2, 0) is 4.79 Å². The molecule has 0 bridgehead atoms. The van der Waals surface area contributed by atoms with Crippen LogP contribution in [0.5, 0.6) is 11.5 Å². The summed E-state index contributed by atoms with van der Waals surface area (Å²) in [6.07, 6.45) is 4.36. The van der Waals surface area contributed by atoms with Crippen LogP contribution in [-0.4, -0.2) is 38.6 Å². The Labute approximate surface area is 143 Å². The van der Waals surface area contributed by atoms with Gasteiger partial charge in [-0.3, -0.25) is 9.59 Å². The predicted octanol–water partition coefficient (Wildman–Crippen LogP) is 2.52. The van der Waals surface area contributed by atoms with Crippen molar-refractivity contribution >= 4 is 11.8 Å². The molecule has 1 rings (SSSR count). The number of carbonyl (C=O) groups excluding carboxylic acids is 2. The molecule has 2 N–H and O–H groups in total. The first-order chi connectivity index (χ1) is 11.5. The second-order valence-corrected chi connectivity index (χ2v) is 5.72. The summed E-state index contributed by atoms with van der Waals surface area (Å²) >= 11 is 0. The molecule has 134 valence electrons. The van der Waals surface area contributed by atoms with Gasteiger partial charge in [-0.05, 0) is 31.5 Å². The first-order valence-electron chi connectivity index (χ1n) is 8.31. The van der Waals surface area contributed by atoms with E-state index in [4.69, 9.17) is 9.47 Å². The molecule has 1 aromatic rings. The van der Waals surface area contributed by atoms with Crippen LogP contribution in [0.3, 0.4) is 0 Å². The molecule has 2 amide bonds. The van der Waals surface area contributed by atoms with Crippen molar-refractivity contribution in [2.45, 2.75) is 45.6 Å². The first-order valence-corrected chi connectivity index (χ1v) is 8.31. The first kappa shape index (κ1) is 19.8. The molecule has 0 aromatic heterocycles. The highest BCUT2D eigenvalue weighted by molar-refractivity contribution is 5.97. The maximum Gasteiger partial charge on any atom is 0.251 e. The minimum absolute atomic E-state index is 0.0503. The van der Waals surface area contributed by atoms with Crippen LogP contribution in [0.15, 0.2) is 18.2 Å². The van der Waals surface area contributed by atoms with Crippen molar-refractivity contribution in [1.82, 2.24) is 10.6 Å². The van der Waals surface area contributed by atoms with Gasteiger partial charge in [0.05, 0.1) is 20.8 Å². The third kappa shape index (κ3) is 6.48. The van der Waals surface area contributed by atoms with E-state index in [-0.39, 0.29) is 24.4 Å². The Kier molecular flexibility index (Phi) is 8.68. The van der Waals surface area contributed by atoms with Crippen molar-refractivity contribution in [1.29, 1.82) is 0 Å². The summed E-state index contributed by atoms with van der Waals surface area (Å²) < 4.78 is 10.3. The second-order valence-electron chi connectivity index (χ2n) is 5.72. The molecule has 0 fully saturated rings. The van der Waals surface area contributed by atoms with Gasteiger partial charge in [0.1, 0.15) is 0 Å². The van der Waals surface area contributed by atoms with Crippen molar-refractivity contribution in [2.75, 3.05) is 20.8 Å². The number of hydrogen-bond acceptors (Lipinski definition) is 4. The van der Waals surface area contributed by atoms with Crippen molar-refractivity contribution < 1.29 is 19.1 Å². The molecular formula is C18H28N2O4. The molecule has 0 heterocycles. The third-order valence-corrected chi connectivity index (χ3v) is 3.70. The fraction of sp³-hybridized carbons (Fsp3) is 0.556. The number of methoxy groups -OCH3 is 2. The zero-order valence-corrected chi connectivity index (χ0v) is 15.0. The van der Waals surface area contributed by atoms with Gasteiger partial charge in [-0.1, -0.05) is 26.2 Å². The van der Waals surface area contributed by atoms with Crippen LogP contribution >= 0.6 is 0 Å². The van der Waals surface area contributed by atoms with Gasteiger partial charge in [0.2, 0.25) is 5.91 Å². The van der Waals surface area contributed by atoms with Gasteiger partial charge in [-0.15, -0.1) is 0 Å². The maximum atomic E-state index is 12.1. The molecule has 0 aliphatic heterocycles. The molecule has 1 aromatic carbocycles. The van der Waals surface area contributed by atoms with Crippen LogP contribution in [0, 0.1) is 0 Å². The van der Waals surface area contributed by atoms with Gasteiger partial charge >= 0.3 is 0 Å². The van der Waals surface area contributed by atoms with E-state index in [2.05, 4.69) is 17.6 Å². The van der Waals surface area contributed by atoms with Crippen molar-refractivity contribution in [3.8, 4) is 11.5 Å². The number of amides is 2. The Hall–Kier alpha value is -2.24. The summed E-state index contributed by atoms with van der Waals surface area (Å²) in [6.45, 7) is 4.07. The molecular weight excluding hydrogens is 308 g/mol. The topological polar surface area (TPSA) is 76.7 Å². The molecule has 1 atom stereocenters. The number of rotatable bonds is 10. The van der Waals surface area contributed by atoms with Gasteiger partial charge in [0.15, 0.2) is 11.5 Å². The molecule has 0 radical (unpaired) electrons. The summed E-state index contributed by atoms with van der Waals surface area (Å²) in [4.78, 5) is 24.0. The van der Waals surface area contributed by atoms with Gasteiger partial charge in [0.25, 0.3) is 5.91 Å². The Bertz CT molecular complexity index is 546. The predicted molar refractivity (Wildman–Crippen MR) is 93.6 cm³/mol. The zero-order chi connectivity index (χ0) is 17.9. The van der Waals surface area contributed by atoms with Gasteiger partial charge in [-0.25, -0.2) is 0 Å². The van der Waals surface area contributed by atoms with E-state index in [1.165, 1.54) is 14.2 Å². The fourth-order valence-corrected chi connectivity index (χ4v) is 2.34. The lowest BCUT2D eigenvalue weighted by atomic mass is 10.1. The molecule has 0 aliphatic carbocycles. The van der Waals surface area contributed by atoms with Crippen LogP contribution in [0.1, 0.15) is 49.9 Å². The third-order valence-electron chi connectivity index (χ3n) is 3.70. The lowest BCUT2D eigenvalue weighted by molar-refractivity contribution is -0.120. The highest BCUT2D eigenvalue weighted by Gasteiger charge is 2.13. The number of carbonyl (C=O) groups is 2. The molecule has 6 heteroatoms. The van der Waals surface area contributed by atoms with E-state index in [1.807, 2.05) is 6.92 Å². The lowest BCUT2D eigenvalue weighted by Crippen LogP contribution is -2.40. The van der Waals surface area contributed by atoms with Gasteiger partial charge in [0, 0.05) is 11.6 Å². The molecule has 0 saturated heterocycles. The number of unbranched alkanes of at least 4 members (excludes halogenated alkanes) is 2. The van der Waals surface area contributed by atoms with Crippen LogP contribution in [0.4, 0.5) is 0 Å². The van der Waals surface area contributed by atoms with Crippen LogP contribution in [0.2, 0.25) is 0 Å². The number of hydrogen-bond donors (Lipinski definition) is 2. The summed E-state index contributed by atoms with van der Waals surface area (Å²) in [5, 5.41) is 5.50. The summed E-state index contributed by atoms with van der Waals surface area (Å²) in [6, 6.07) is 4.98. The Morgan fingerprint density at radius 3 is 2.46 bits per heavy atom. The maximum absolute atomic E-state index is 12.1. The average molecular weight is 336 g/mol. The Morgan fingerprint density at radius 2 is 1.83 bits per heavy atom. The molecule has 1 unspecified atom stereocenters. The quantitative estimate of drug-likeness (QED) is 0.644. The van der Waals surface area contributed by atoms with Crippen molar-refractivity contribution in [2.24, 2.45) is 0 Å². The molecule has 6 nitrogen and oxygen atoms in total. The number of benzene rings is 1. The van der Waals surface area contributed by atoms with E-state index >= 15 is 0 Å². The largest absolute Gasteiger partial charge is 0.493 e. The average Bonchev–Trinajstić information content (AvgIpc) is 2.59. The summed E-state index contributed by atoms with van der Waals surface area (Å²) in [5.41, 5.74) is 0.413. The van der Waals surface area contributed by atoms with Crippen molar-refractivity contribution in [3.63, 3.8) is 0 Å². The van der Waals surface area contributed by atoms with Gasteiger partial charge in [-0.2, -0.15) is 0 Å². The minimum Gasteiger partial charge on any atom is -0.493 e. The zero-order valence-electron chi connectivity index (χ0n) is 15.0. The van der Waals surface area contributed by atoms with E-state index in [0.29, 0.717) is 17.1 Å². The normalized spacial score (nSPS) is 11.5. The SMILES string of the molecule is CCCCCC(C)NC(=O)CNC(=O)c1ccc(OC)c(OC)c1. The standard InChI is InChI=1S/C18H28N2O4/c1-5-6-7-8-13(2)20-17(21)12-19-18(22)14-9-10-15(23-3)16(11-14)24-4/h9-11,13H,5-8,12H2,1-4H3,(H,19,22)(H,20,21). The Balaban J connectivity index is 2.46. The summed E-state index contributed by atoms with van der Waals surface area (Å²) in [5.74, 6) is 0.504. The number of nitrogens with one attached hydrogen (secondary N) is 2. The highest BCUT2D eigenvalue weighted by atomic mass is 16.5. The molecule has 0 spiro atoms. The fourth-order valence-electron chi connectivity index (χ4n) is 2.34. The monoisotopic (exact) mass is 336 g/mol. The van der Waals surface area contributed by atoms with E-state index in [0.717, 1.165) is 25.7 Å². The van der Waals surface area contributed by atoms with Crippen molar-refractivity contribution in [3.05, 3.63) is 23.8 Å². The summed E-state index contributed by atoms with van der Waals surface area (Å²) in [7, 11) is 3.04. The smallest absolute Gasteiger partial charge is 0.251 e. The van der Waals surface area contributed by atoms with E-state index < -0.39 is 0 Å².